The van der Waals surface area contributed by atoms with E-state index in [2.05, 4.69) is 39.7 Å². The molecule has 0 fully saturated rings. The molecule has 0 aliphatic carbocycles. The number of terminal acetylenes is 1. The summed E-state index contributed by atoms with van der Waals surface area (Å²) in [6.45, 7) is 14.4. The lowest BCUT2D eigenvalue weighted by molar-refractivity contribution is 1.18. The first-order valence-electron chi connectivity index (χ1n) is 4.74. The molecule has 0 atom stereocenters. The van der Waals surface area contributed by atoms with E-state index in [9.17, 15) is 0 Å². The maximum atomic E-state index is 4.00. The lowest BCUT2D eigenvalue weighted by Gasteiger charge is -1.80. The number of hydrogen-bond donors (Lipinski definition) is 0. The lowest BCUT2D eigenvalue weighted by atomic mass is 10.3. The third kappa shape index (κ3) is 121. The Morgan fingerprint density at radius 3 is 1.25 bits per heavy atom. The van der Waals surface area contributed by atoms with Crippen LogP contribution in [0.3, 0.4) is 0 Å². The standard InChI is InChI=1S/C6H12.2C2H6.C2H2/c1-4-5-6(2)3;3*1-2/h5H,4H2,1-3H3;2*1-2H3;1-2H. The van der Waals surface area contributed by atoms with Gasteiger partial charge in [-0.1, -0.05) is 46.3 Å². The summed E-state index contributed by atoms with van der Waals surface area (Å²) < 4.78 is 0. The molecule has 0 rings (SSSR count). The topological polar surface area (TPSA) is 0 Å². The summed E-state index contributed by atoms with van der Waals surface area (Å²) in [6.07, 6.45) is 11.4. The zero-order valence-electron chi connectivity index (χ0n) is 9.94. The largest absolute Gasteiger partial charge is 0.124 e. The number of allylic oxidation sites excluding steroid dienone is 2. The number of rotatable bonds is 1. The van der Waals surface area contributed by atoms with Crippen LogP contribution in [-0.4, -0.2) is 0 Å². The van der Waals surface area contributed by atoms with E-state index in [0.29, 0.717) is 0 Å². The van der Waals surface area contributed by atoms with Gasteiger partial charge in [-0.25, -0.2) is 0 Å². The van der Waals surface area contributed by atoms with Crippen LogP contribution in [0.5, 0.6) is 0 Å². The predicted octanol–water partition coefficient (Wildman–Crippen LogP) is 4.66. The average molecular weight is 170 g/mol. The molecule has 0 amide bonds. The average Bonchev–Trinajstić information content (AvgIpc) is 2.14. The van der Waals surface area contributed by atoms with E-state index < -0.39 is 0 Å². The van der Waals surface area contributed by atoms with Gasteiger partial charge in [0.1, 0.15) is 0 Å². The molecule has 0 N–H and O–H groups in total. The van der Waals surface area contributed by atoms with E-state index >= 15 is 0 Å². The van der Waals surface area contributed by atoms with Crippen LogP contribution in [0.2, 0.25) is 0 Å². The van der Waals surface area contributed by atoms with Gasteiger partial charge in [-0.15, -0.1) is 12.8 Å². The van der Waals surface area contributed by atoms with Crippen molar-refractivity contribution in [3.63, 3.8) is 0 Å². The highest BCUT2D eigenvalue weighted by atomic mass is 13.7. The van der Waals surface area contributed by atoms with E-state index in [1.54, 1.807) is 0 Å². The fourth-order valence-corrected chi connectivity index (χ4v) is 0.408. The highest BCUT2D eigenvalue weighted by Gasteiger charge is 1.67. The molecule has 0 saturated carbocycles. The minimum atomic E-state index is 1.17. The van der Waals surface area contributed by atoms with Crippen LogP contribution in [0.1, 0.15) is 54.9 Å². The predicted molar refractivity (Wildman–Crippen MR) is 62.3 cm³/mol. The van der Waals surface area contributed by atoms with Crippen LogP contribution in [0, 0.1) is 12.8 Å². The molecule has 0 spiro atoms. The van der Waals surface area contributed by atoms with Crippen molar-refractivity contribution in [1.82, 2.24) is 0 Å². The molecule has 0 aromatic rings. The molecule has 0 aromatic carbocycles. The van der Waals surface area contributed by atoms with Crippen molar-refractivity contribution in [2.24, 2.45) is 0 Å². The van der Waals surface area contributed by atoms with Gasteiger partial charge in [-0.3, -0.25) is 0 Å². The van der Waals surface area contributed by atoms with E-state index in [4.69, 9.17) is 0 Å². The molecule has 0 aromatic heterocycles. The van der Waals surface area contributed by atoms with Crippen molar-refractivity contribution in [2.75, 3.05) is 0 Å². The molecule has 74 valence electrons. The van der Waals surface area contributed by atoms with Crippen LogP contribution in [0.4, 0.5) is 0 Å². The first kappa shape index (κ1) is 22.5. The Kier molecular flexibility index (Phi) is 90.3. The van der Waals surface area contributed by atoms with Crippen LogP contribution in [0.25, 0.3) is 0 Å². The summed E-state index contributed by atoms with van der Waals surface area (Å²) in [5.74, 6) is 0. The molecule has 0 radical (unpaired) electrons. The molecule has 0 saturated heterocycles. The van der Waals surface area contributed by atoms with E-state index in [1.807, 2.05) is 27.7 Å². The van der Waals surface area contributed by atoms with Gasteiger partial charge >= 0.3 is 0 Å². The first-order valence-corrected chi connectivity index (χ1v) is 4.74. The quantitative estimate of drug-likeness (QED) is 0.396. The zero-order valence-corrected chi connectivity index (χ0v) is 9.94. The molecule has 0 heterocycles. The minimum absolute atomic E-state index is 1.17. The third-order valence-electron chi connectivity index (χ3n) is 0.612. The van der Waals surface area contributed by atoms with Crippen molar-refractivity contribution in [3.05, 3.63) is 11.6 Å². The molecular formula is C12H26. The fourth-order valence-electron chi connectivity index (χ4n) is 0.408. The van der Waals surface area contributed by atoms with Crippen LogP contribution in [-0.2, 0) is 0 Å². The Labute approximate surface area is 80.1 Å². The van der Waals surface area contributed by atoms with Crippen molar-refractivity contribution in [2.45, 2.75) is 54.9 Å². The van der Waals surface area contributed by atoms with Gasteiger partial charge in [0.05, 0.1) is 0 Å². The highest BCUT2D eigenvalue weighted by Crippen LogP contribution is 1.88. The minimum Gasteiger partial charge on any atom is -0.124 e. The molecular weight excluding hydrogens is 144 g/mol. The smallest absolute Gasteiger partial charge is 0.0377 e. The van der Waals surface area contributed by atoms with E-state index in [1.165, 1.54) is 12.0 Å². The monoisotopic (exact) mass is 170 g/mol. The van der Waals surface area contributed by atoms with Gasteiger partial charge in [0.15, 0.2) is 0 Å². The second-order valence-electron chi connectivity index (χ2n) is 1.69. The first-order chi connectivity index (χ1) is 5.77. The lowest BCUT2D eigenvalue weighted by Crippen LogP contribution is -1.58. The molecule has 0 aliphatic heterocycles. The molecule has 12 heavy (non-hydrogen) atoms. The Morgan fingerprint density at radius 1 is 1.00 bits per heavy atom. The second-order valence-corrected chi connectivity index (χ2v) is 1.69. The summed E-state index contributed by atoms with van der Waals surface area (Å²) in [7, 11) is 0. The van der Waals surface area contributed by atoms with Gasteiger partial charge in [-0.05, 0) is 20.3 Å². The van der Waals surface area contributed by atoms with Crippen LogP contribution in [0.15, 0.2) is 11.6 Å². The third-order valence-corrected chi connectivity index (χ3v) is 0.612. The second kappa shape index (κ2) is 48.2. The Hall–Kier alpha value is -0.700. The summed E-state index contributed by atoms with van der Waals surface area (Å²) in [4.78, 5) is 0. The van der Waals surface area contributed by atoms with Gasteiger partial charge in [0, 0.05) is 0 Å². The maximum Gasteiger partial charge on any atom is -0.0377 e. The Balaban J connectivity index is -0.0000000453. The molecule has 0 heteroatoms. The van der Waals surface area contributed by atoms with Gasteiger partial charge in [-0.2, -0.15) is 0 Å². The van der Waals surface area contributed by atoms with Gasteiger partial charge in [0.2, 0.25) is 0 Å². The normalized spacial score (nSPS) is 5.08. The number of hydrogen-bond acceptors (Lipinski definition) is 0. The van der Waals surface area contributed by atoms with Gasteiger partial charge in [0.25, 0.3) is 0 Å². The van der Waals surface area contributed by atoms with Crippen molar-refractivity contribution >= 4 is 0 Å². The summed E-state index contributed by atoms with van der Waals surface area (Å²) >= 11 is 0. The van der Waals surface area contributed by atoms with Crippen LogP contribution < -0.4 is 0 Å². The Morgan fingerprint density at radius 2 is 1.25 bits per heavy atom. The van der Waals surface area contributed by atoms with E-state index in [-0.39, 0.29) is 0 Å². The molecule has 0 aliphatic rings. The zero-order chi connectivity index (χ0) is 11.0. The fraction of sp³-hybridized carbons (Fsp3) is 0.667. The Bertz CT molecular complexity index is 71.3. The van der Waals surface area contributed by atoms with Gasteiger partial charge < -0.3 is 0 Å². The summed E-state index contributed by atoms with van der Waals surface area (Å²) in [5, 5.41) is 0. The molecule has 0 bridgehead atoms. The molecule has 0 nitrogen and oxygen atoms in total. The highest BCUT2D eigenvalue weighted by molar-refractivity contribution is 4.91. The maximum absolute atomic E-state index is 4.00. The molecule has 0 unspecified atom stereocenters. The van der Waals surface area contributed by atoms with Crippen molar-refractivity contribution in [3.8, 4) is 12.8 Å². The van der Waals surface area contributed by atoms with E-state index in [0.717, 1.165) is 0 Å². The summed E-state index contributed by atoms with van der Waals surface area (Å²) in [6, 6.07) is 0. The van der Waals surface area contributed by atoms with Crippen molar-refractivity contribution < 1.29 is 0 Å². The van der Waals surface area contributed by atoms with Crippen LogP contribution >= 0.6 is 0 Å². The SMILES string of the molecule is C#C.CC.CC.CCC=C(C)C. The van der Waals surface area contributed by atoms with Crippen molar-refractivity contribution in [1.29, 1.82) is 0 Å². The summed E-state index contributed by atoms with van der Waals surface area (Å²) in [5.41, 5.74) is 1.41.